The Labute approximate surface area is 166 Å². The number of ether oxygens (including phenoxy) is 1. The summed E-state index contributed by atoms with van der Waals surface area (Å²) in [5.41, 5.74) is 0.0747. The quantitative estimate of drug-likeness (QED) is 0.702. The first kappa shape index (κ1) is 18.1. The van der Waals surface area contributed by atoms with Crippen LogP contribution in [0.1, 0.15) is 12.2 Å². The van der Waals surface area contributed by atoms with Gasteiger partial charge >= 0.3 is 0 Å². The number of amides is 2. The van der Waals surface area contributed by atoms with Gasteiger partial charge in [-0.2, -0.15) is 15.1 Å². The molecule has 4 rings (SSSR count). The number of amidine groups is 2. The maximum atomic E-state index is 12.4. The normalized spacial score (nSPS) is 21.4. The number of hydrogen-bond donors (Lipinski definition) is 1. The highest BCUT2D eigenvalue weighted by Crippen LogP contribution is 2.30. The van der Waals surface area contributed by atoms with E-state index in [9.17, 15) is 9.59 Å². The second kappa shape index (κ2) is 7.41. The Kier molecular flexibility index (Phi) is 4.98. The van der Waals surface area contributed by atoms with Gasteiger partial charge in [-0.3, -0.25) is 15.0 Å². The van der Waals surface area contributed by atoms with Crippen molar-refractivity contribution in [2.24, 2.45) is 10.1 Å². The van der Waals surface area contributed by atoms with Gasteiger partial charge in [-0.15, -0.1) is 0 Å². The van der Waals surface area contributed by atoms with E-state index in [-0.39, 0.29) is 28.9 Å². The molecule has 2 amide bonds. The molecule has 9 nitrogen and oxygen atoms in total. The number of aliphatic imine (C=N–C) groups is 1. The van der Waals surface area contributed by atoms with E-state index in [1.807, 2.05) is 0 Å². The standard InChI is InChI=1S/C16H14BrN5O4S/c17-11-2-1-9(26-11)7-10-14(18)22-16(19-15(10)24)27-12(20-22)8-13(23)21-3-5-25-6-4-21/h1-2,7,18H,3-6,8H2/b10-7+,18-14?. The summed E-state index contributed by atoms with van der Waals surface area (Å²) < 4.78 is 11.1. The van der Waals surface area contributed by atoms with Gasteiger partial charge in [-0.25, -0.2) is 0 Å². The first-order valence-electron chi connectivity index (χ1n) is 8.11. The molecule has 0 bridgehead atoms. The molecule has 3 aliphatic heterocycles. The molecule has 1 fully saturated rings. The molecular weight excluding hydrogens is 438 g/mol. The van der Waals surface area contributed by atoms with E-state index in [4.69, 9.17) is 14.6 Å². The van der Waals surface area contributed by atoms with Gasteiger partial charge in [-0.1, -0.05) is 0 Å². The SMILES string of the molecule is N=C1/C(=C\c2ccc(Br)o2)C(=O)N=C2SC(CC(=O)N3CCOCC3)=NN12. The molecule has 0 saturated carbocycles. The van der Waals surface area contributed by atoms with Gasteiger partial charge < -0.3 is 14.1 Å². The third-order valence-electron chi connectivity index (χ3n) is 4.04. The minimum Gasteiger partial charge on any atom is -0.450 e. The van der Waals surface area contributed by atoms with E-state index in [1.54, 1.807) is 17.0 Å². The zero-order chi connectivity index (χ0) is 19.0. The van der Waals surface area contributed by atoms with Crippen LogP contribution in [-0.4, -0.2) is 64.1 Å². The average Bonchev–Trinajstić information content (AvgIpc) is 3.25. The van der Waals surface area contributed by atoms with E-state index in [0.29, 0.717) is 41.8 Å². The maximum absolute atomic E-state index is 12.4. The van der Waals surface area contributed by atoms with Gasteiger partial charge in [0.15, 0.2) is 10.5 Å². The summed E-state index contributed by atoms with van der Waals surface area (Å²) in [5, 5.41) is 14.7. The predicted molar refractivity (Wildman–Crippen MR) is 103 cm³/mol. The highest BCUT2D eigenvalue weighted by atomic mass is 79.9. The van der Waals surface area contributed by atoms with Gasteiger partial charge in [0, 0.05) is 13.1 Å². The van der Waals surface area contributed by atoms with Crippen LogP contribution in [0.2, 0.25) is 0 Å². The molecule has 4 heterocycles. The number of fused-ring (bicyclic) bond motifs is 1. The van der Waals surface area contributed by atoms with Crippen LogP contribution in [0, 0.1) is 5.41 Å². The predicted octanol–water partition coefficient (Wildman–Crippen LogP) is 1.91. The molecule has 1 aromatic rings. The van der Waals surface area contributed by atoms with Crippen molar-refractivity contribution < 1.29 is 18.7 Å². The van der Waals surface area contributed by atoms with Crippen LogP contribution in [0.25, 0.3) is 6.08 Å². The fourth-order valence-corrected chi connectivity index (χ4v) is 3.90. The minimum absolute atomic E-state index is 0.0564. The number of carbonyl (C=O) groups is 2. The zero-order valence-corrected chi connectivity index (χ0v) is 16.4. The molecule has 0 spiro atoms. The lowest BCUT2D eigenvalue weighted by molar-refractivity contribution is -0.133. The lowest BCUT2D eigenvalue weighted by Gasteiger charge is -2.26. The average molecular weight is 452 g/mol. The molecule has 0 aliphatic carbocycles. The fourth-order valence-electron chi connectivity index (χ4n) is 2.71. The number of furan rings is 1. The molecule has 0 radical (unpaired) electrons. The lowest BCUT2D eigenvalue weighted by atomic mass is 10.1. The first-order valence-corrected chi connectivity index (χ1v) is 9.72. The molecule has 1 N–H and O–H groups in total. The highest BCUT2D eigenvalue weighted by molar-refractivity contribution is 9.10. The summed E-state index contributed by atoms with van der Waals surface area (Å²) in [6.45, 7) is 2.17. The zero-order valence-electron chi connectivity index (χ0n) is 14.0. The van der Waals surface area contributed by atoms with Crippen LogP contribution in [-0.2, 0) is 14.3 Å². The van der Waals surface area contributed by atoms with Crippen LogP contribution in [0.4, 0.5) is 0 Å². The molecule has 1 saturated heterocycles. The van der Waals surface area contributed by atoms with Gasteiger partial charge in [0.1, 0.15) is 10.8 Å². The van der Waals surface area contributed by atoms with E-state index in [0.717, 1.165) is 11.8 Å². The Morgan fingerprint density at radius 1 is 1.37 bits per heavy atom. The smallest absolute Gasteiger partial charge is 0.283 e. The number of hydrazone groups is 1. The van der Waals surface area contributed by atoms with Crippen LogP contribution >= 0.6 is 27.7 Å². The Morgan fingerprint density at radius 2 is 2.15 bits per heavy atom. The van der Waals surface area contributed by atoms with Crippen molar-refractivity contribution in [3.05, 3.63) is 28.1 Å². The van der Waals surface area contributed by atoms with Crippen molar-refractivity contribution in [3.63, 3.8) is 0 Å². The second-order valence-corrected chi connectivity index (χ2v) is 7.65. The van der Waals surface area contributed by atoms with Crippen molar-refractivity contribution in [1.29, 1.82) is 5.41 Å². The Morgan fingerprint density at radius 3 is 2.85 bits per heavy atom. The van der Waals surface area contributed by atoms with Crippen molar-refractivity contribution in [3.8, 4) is 0 Å². The maximum Gasteiger partial charge on any atom is 0.283 e. The topological polar surface area (TPSA) is 112 Å². The summed E-state index contributed by atoms with van der Waals surface area (Å²) in [4.78, 5) is 30.4. The van der Waals surface area contributed by atoms with Gasteiger partial charge in [0.2, 0.25) is 11.1 Å². The van der Waals surface area contributed by atoms with E-state index in [2.05, 4.69) is 26.0 Å². The number of nitrogens with one attached hydrogen (secondary N) is 1. The molecular formula is C16H14BrN5O4S. The van der Waals surface area contributed by atoms with Gasteiger partial charge in [-0.05, 0) is 45.9 Å². The molecule has 0 unspecified atom stereocenters. The van der Waals surface area contributed by atoms with Crippen LogP contribution in [0.5, 0.6) is 0 Å². The molecule has 0 aromatic carbocycles. The molecule has 1 aromatic heterocycles. The highest BCUT2D eigenvalue weighted by Gasteiger charge is 2.36. The number of halogens is 1. The molecule has 0 atom stereocenters. The second-order valence-electron chi connectivity index (χ2n) is 5.83. The Balaban J connectivity index is 1.51. The number of thioether (sulfide) groups is 1. The Bertz CT molecular complexity index is 916. The summed E-state index contributed by atoms with van der Waals surface area (Å²) >= 11 is 4.33. The summed E-state index contributed by atoms with van der Waals surface area (Å²) in [6.07, 6.45) is 1.55. The molecule has 27 heavy (non-hydrogen) atoms. The van der Waals surface area contributed by atoms with Crippen molar-refractivity contribution in [2.75, 3.05) is 26.3 Å². The van der Waals surface area contributed by atoms with Crippen LogP contribution in [0.3, 0.4) is 0 Å². The lowest BCUT2D eigenvalue weighted by Crippen LogP contribution is -2.41. The monoisotopic (exact) mass is 451 g/mol. The van der Waals surface area contributed by atoms with Crippen LogP contribution < -0.4 is 0 Å². The molecule has 3 aliphatic rings. The van der Waals surface area contributed by atoms with Crippen LogP contribution in [0.15, 0.2) is 36.9 Å². The van der Waals surface area contributed by atoms with Crippen molar-refractivity contribution in [1.82, 2.24) is 9.91 Å². The van der Waals surface area contributed by atoms with E-state index in [1.165, 1.54) is 11.1 Å². The summed E-state index contributed by atoms with van der Waals surface area (Å²) in [6, 6.07) is 3.36. The molecule has 140 valence electrons. The molecule has 11 heteroatoms. The number of rotatable bonds is 3. The fraction of sp³-hybridized carbons (Fsp3) is 0.312. The van der Waals surface area contributed by atoms with Crippen molar-refractivity contribution >= 4 is 61.6 Å². The largest absolute Gasteiger partial charge is 0.450 e. The summed E-state index contributed by atoms with van der Waals surface area (Å²) in [5.74, 6) is -0.271. The van der Waals surface area contributed by atoms with Gasteiger partial charge in [0.05, 0.1) is 25.2 Å². The summed E-state index contributed by atoms with van der Waals surface area (Å²) in [7, 11) is 0. The number of carbonyl (C=O) groups excluding carboxylic acids is 2. The number of nitrogens with zero attached hydrogens (tertiary/aromatic N) is 4. The minimum atomic E-state index is -0.540. The number of morpholine rings is 1. The van der Waals surface area contributed by atoms with E-state index >= 15 is 0 Å². The third kappa shape index (κ3) is 3.75. The van der Waals surface area contributed by atoms with Crippen molar-refractivity contribution in [2.45, 2.75) is 6.42 Å². The van der Waals surface area contributed by atoms with Gasteiger partial charge in [0.25, 0.3) is 5.91 Å². The third-order valence-corrected chi connectivity index (χ3v) is 5.38. The number of hydrogen-bond acceptors (Lipinski definition) is 7. The Hall–Kier alpha value is -2.24. The van der Waals surface area contributed by atoms with E-state index < -0.39 is 5.91 Å². The first-order chi connectivity index (χ1) is 13.0.